The summed E-state index contributed by atoms with van der Waals surface area (Å²) in [7, 11) is 0. The minimum atomic E-state index is -4.43. The molecule has 0 radical (unpaired) electrons. The van der Waals surface area contributed by atoms with Crippen LogP contribution < -0.4 is 5.73 Å². The Labute approximate surface area is 62.6 Å². The van der Waals surface area contributed by atoms with E-state index in [2.05, 4.69) is 0 Å². The van der Waals surface area contributed by atoms with Crippen molar-refractivity contribution in [2.75, 3.05) is 0 Å². The van der Waals surface area contributed by atoms with Gasteiger partial charge in [-0.15, -0.1) is 0 Å². The van der Waals surface area contributed by atoms with Crippen LogP contribution in [0.4, 0.5) is 13.2 Å². The number of carbonyl (C=O) groups excluding carboxylic acids is 1. The maximum absolute atomic E-state index is 11.5. The van der Waals surface area contributed by atoms with E-state index in [4.69, 9.17) is 5.73 Å². The number of halogens is 3. The molecular weight excluding hydrogens is 159 g/mol. The summed E-state index contributed by atoms with van der Waals surface area (Å²) in [5.41, 5.74) is 5.07. The first-order valence-electron chi connectivity index (χ1n) is 3.22. The monoisotopic (exact) mass is 169 g/mol. The van der Waals surface area contributed by atoms with Gasteiger partial charge >= 0.3 is 6.18 Å². The fourth-order valence-corrected chi connectivity index (χ4v) is 0.556. The second kappa shape index (κ2) is 3.71. The van der Waals surface area contributed by atoms with Gasteiger partial charge in [-0.1, -0.05) is 6.92 Å². The summed E-state index contributed by atoms with van der Waals surface area (Å²) in [6.07, 6.45) is -5.60. The maximum atomic E-state index is 11.5. The zero-order valence-corrected chi connectivity index (χ0v) is 6.11. The van der Waals surface area contributed by atoms with Crippen molar-refractivity contribution in [3.05, 3.63) is 0 Å². The first-order valence-corrected chi connectivity index (χ1v) is 3.22. The lowest BCUT2D eigenvalue weighted by Gasteiger charge is -2.09. The molecule has 0 fully saturated rings. The molecule has 1 atom stereocenters. The largest absolute Gasteiger partial charge is 0.395 e. The maximum Gasteiger partial charge on any atom is 0.395 e. The Bertz CT molecular complexity index is 143. The molecule has 0 aromatic heterocycles. The number of alkyl halides is 3. The van der Waals surface area contributed by atoms with Crippen molar-refractivity contribution >= 4 is 5.78 Å². The molecule has 1 unspecified atom stereocenters. The van der Waals surface area contributed by atoms with E-state index in [9.17, 15) is 18.0 Å². The topological polar surface area (TPSA) is 43.1 Å². The molecule has 11 heavy (non-hydrogen) atoms. The zero-order chi connectivity index (χ0) is 9.07. The van der Waals surface area contributed by atoms with Crippen LogP contribution in [0.2, 0.25) is 0 Å². The van der Waals surface area contributed by atoms with Gasteiger partial charge in [-0.3, -0.25) is 4.79 Å². The van der Waals surface area contributed by atoms with Crippen LogP contribution in [0.25, 0.3) is 0 Å². The molecule has 0 aromatic carbocycles. The van der Waals surface area contributed by atoms with E-state index >= 15 is 0 Å². The number of Topliss-reactive ketones (excluding diaryl/α,β-unsaturated/α-hetero) is 1. The molecule has 0 rings (SSSR count). The SMILES string of the molecule is CCC(N)C(=O)CC(F)(F)F. The van der Waals surface area contributed by atoms with Gasteiger partial charge in [0, 0.05) is 0 Å². The van der Waals surface area contributed by atoms with Crippen LogP contribution in [0.3, 0.4) is 0 Å². The molecule has 2 nitrogen and oxygen atoms in total. The summed E-state index contributed by atoms with van der Waals surface area (Å²) in [5, 5.41) is 0. The summed E-state index contributed by atoms with van der Waals surface area (Å²) >= 11 is 0. The van der Waals surface area contributed by atoms with Crippen LogP contribution in [0.1, 0.15) is 19.8 Å². The number of nitrogens with two attached hydrogens (primary N) is 1. The van der Waals surface area contributed by atoms with Crippen LogP contribution in [-0.4, -0.2) is 18.0 Å². The molecule has 0 aliphatic rings. The summed E-state index contributed by atoms with van der Waals surface area (Å²) < 4.78 is 34.6. The molecule has 2 N–H and O–H groups in total. The van der Waals surface area contributed by atoms with Crippen LogP contribution >= 0.6 is 0 Å². The van der Waals surface area contributed by atoms with Gasteiger partial charge in [-0.2, -0.15) is 13.2 Å². The summed E-state index contributed by atoms with van der Waals surface area (Å²) in [6, 6.07) is -0.975. The van der Waals surface area contributed by atoms with E-state index in [1.165, 1.54) is 0 Å². The molecule has 0 bridgehead atoms. The quantitative estimate of drug-likeness (QED) is 0.690. The minimum absolute atomic E-state index is 0.245. The van der Waals surface area contributed by atoms with Crippen molar-refractivity contribution in [1.29, 1.82) is 0 Å². The lowest BCUT2D eigenvalue weighted by molar-refractivity contribution is -0.153. The molecule has 0 aliphatic heterocycles. The molecule has 0 spiro atoms. The van der Waals surface area contributed by atoms with Crippen molar-refractivity contribution in [3.63, 3.8) is 0 Å². The predicted octanol–water partition coefficient (Wildman–Crippen LogP) is 1.25. The highest BCUT2D eigenvalue weighted by Crippen LogP contribution is 2.20. The van der Waals surface area contributed by atoms with Gasteiger partial charge in [0.25, 0.3) is 0 Å². The van der Waals surface area contributed by atoms with E-state index in [0.29, 0.717) is 0 Å². The normalized spacial score (nSPS) is 14.6. The Morgan fingerprint density at radius 3 is 2.27 bits per heavy atom. The molecule has 0 aromatic rings. The number of carbonyl (C=O) groups is 1. The summed E-state index contributed by atoms with van der Waals surface area (Å²) in [4.78, 5) is 10.5. The van der Waals surface area contributed by atoms with Gasteiger partial charge in [0.05, 0.1) is 6.04 Å². The van der Waals surface area contributed by atoms with Crippen molar-refractivity contribution < 1.29 is 18.0 Å². The second-order valence-corrected chi connectivity index (χ2v) is 2.27. The highest BCUT2D eigenvalue weighted by atomic mass is 19.4. The van der Waals surface area contributed by atoms with Crippen molar-refractivity contribution in [2.24, 2.45) is 5.73 Å². The van der Waals surface area contributed by atoms with Crippen LogP contribution in [-0.2, 0) is 4.79 Å². The highest BCUT2D eigenvalue weighted by molar-refractivity contribution is 5.84. The van der Waals surface area contributed by atoms with Gasteiger partial charge in [0.15, 0.2) is 5.78 Å². The van der Waals surface area contributed by atoms with E-state index in [0.717, 1.165) is 0 Å². The van der Waals surface area contributed by atoms with Crippen LogP contribution in [0, 0.1) is 0 Å². The number of ketones is 1. The molecule has 0 saturated heterocycles. The third-order valence-electron chi connectivity index (χ3n) is 1.23. The van der Waals surface area contributed by atoms with Crippen molar-refractivity contribution in [2.45, 2.75) is 32.0 Å². The number of hydrogen-bond acceptors (Lipinski definition) is 2. The van der Waals surface area contributed by atoms with Crippen LogP contribution in [0.5, 0.6) is 0 Å². The van der Waals surface area contributed by atoms with Crippen molar-refractivity contribution in [1.82, 2.24) is 0 Å². The lowest BCUT2D eigenvalue weighted by Crippen LogP contribution is -2.32. The first-order chi connectivity index (χ1) is 4.87. The first kappa shape index (κ1) is 10.4. The number of rotatable bonds is 3. The Morgan fingerprint density at radius 1 is 1.55 bits per heavy atom. The summed E-state index contributed by atoms with van der Waals surface area (Å²) in [6.45, 7) is 1.57. The van der Waals surface area contributed by atoms with Crippen LogP contribution in [0.15, 0.2) is 0 Å². The van der Waals surface area contributed by atoms with Gasteiger partial charge in [0.2, 0.25) is 0 Å². The molecule has 0 saturated carbocycles. The fourth-order valence-electron chi connectivity index (χ4n) is 0.556. The number of hydrogen-bond donors (Lipinski definition) is 1. The smallest absolute Gasteiger partial charge is 0.322 e. The van der Waals surface area contributed by atoms with E-state index in [1.807, 2.05) is 0 Å². The van der Waals surface area contributed by atoms with Gasteiger partial charge in [-0.05, 0) is 6.42 Å². The molecule has 0 aliphatic carbocycles. The van der Waals surface area contributed by atoms with Gasteiger partial charge < -0.3 is 5.73 Å². The average molecular weight is 169 g/mol. The van der Waals surface area contributed by atoms with E-state index < -0.39 is 24.4 Å². The average Bonchev–Trinajstić information content (AvgIpc) is 1.82. The van der Waals surface area contributed by atoms with E-state index in [-0.39, 0.29) is 6.42 Å². The Balaban J connectivity index is 3.88. The highest BCUT2D eigenvalue weighted by Gasteiger charge is 2.32. The Morgan fingerprint density at radius 2 is 2.00 bits per heavy atom. The fraction of sp³-hybridized carbons (Fsp3) is 0.833. The predicted molar refractivity (Wildman–Crippen MR) is 33.9 cm³/mol. The minimum Gasteiger partial charge on any atom is -0.322 e. The third-order valence-corrected chi connectivity index (χ3v) is 1.23. The molecule has 0 heterocycles. The molecule has 5 heteroatoms. The zero-order valence-electron chi connectivity index (χ0n) is 6.11. The molecular formula is C6H10F3NO. The lowest BCUT2D eigenvalue weighted by atomic mass is 10.1. The summed E-state index contributed by atoms with van der Waals surface area (Å²) in [5.74, 6) is -0.944. The van der Waals surface area contributed by atoms with Gasteiger partial charge in [-0.25, -0.2) is 0 Å². The van der Waals surface area contributed by atoms with Gasteiger partial charge in [0.1, 0.15) is 6.42 Å². The standard InChI is InChI=1S/C6H10F3NO/c1-2-4(10)5(11)3-6(7,8)9/h4H,2-3,10H2,1H3. The van der Waals surface area contributed by atoms with Crippen molar-refractivity contribution in [3.8, 4) is 0 Å². The Kier molecular flexibility index (Phi) is 3.51. The van der Waals surface area contributed by atoms with E-state index in [1.54, 1.807) is 6.92 Å². The third kappa shape index (κ3) is 4.78. The Hall–Kier alpha value is -0.580. The molecule has 0 amide bonds. The second-order valence-electron chi connectivity index (χ2n) is 2.27. The molecule has 66 valence electrons.